The van der Waals surface area contributed by atoms with Crippen molar-refractivity contribution in [1.82, 2.24) is 0 Å². The fraction of sp³-hybridized carbons (Fsp3) is 0.333. The highest BCUT2D eigenvalue weighted by molar-refractivity contribution is 9.10. The van der Waals surface area contributed by atoms with E-state index in [0.29, 0.717) is 17.1 Å². The Morgan fingerprint density at radius 2 is 2.00 bits per heavy atom. The average molecular weight is 429 g/mol. The van der Waals surface area contributed by atoms with Crippen LogP contribution in [0.25, 0.3) is 0 Å². The summed E-state index contributed by atoms with van der Waals surface area (Å²) in [5.74, 6) is 0.421. The molecule has 1 heterocycles. The maximum atomic E-state index is 13.3. The molecule has 0 spiro atoms. The lowest BCUT2D eigenvalue weighted by molar-refractivity contribution is -0.123. The highest BCUT2D eigenvalue weighted by atomic mass is 79.9. The number of amides is 2. The molecule has 5 nitrogen and oxygen atoms in total. The van der Waals surface area contributed by atoms with Gasteiger partial charge in [0, 0.05) is 10.2 Å². The first-order chi connectivity index (χ1) is 13.0. The quantitative estimate of drug-likeness (QED) is 0.749. The molecule has 0 radical (unpaired) electrons. The number of hydrogen-bond acceptors (Lipinski definition) is 3. The second-order valence-corrected chi connectivity index (χ2v) is 8.13. The minimum atomic E-state index is -0.520. The Hall–Kier alpha value is -2.34. The lowest BCUT2D eigenvalue weighted by Crippen LogP contribution is -2.38. The van der Waals surface area contributed by atoms with Gasteiger partial charge in [-0.2, -0.15) is 0 Å². The van der Waals surface area contributed by atoms with Gasteiger partial charge in [0.1, 0.15) is 5.75 Å². The van der Waals surface area contributed by atoms with Crippen molar-refractivity contribution in [1.29, 1.82) is 0 Å². The van der Waals surface area contributed by atoms with Crippen molar-refractivity contribution in [3.63, 3.8) is 0 Å². The van der Waals surface area contributed by atoms with Gasteiger partial charge in [-0.1, -0.05) is 40.9 Å². The van der Waals surface area contributed by atoms with E-state index in [9.17, 15) is 9.59 Å². The van der Waals surface area contributed by atoms with Crippen molar-refractivity contribution in [2.45, 2.75) is 44.1 Å². The van der Waals surface area contributed by atoms with E-state index in [4.69, 9.17) is 4.74 Å². The van der Waals surface area contributed by atoms with Crippen LogP contribution in [0.2, 0.25) is 0 Å². The van der Waals surface area contributed by atoms with Crippen LogP contribution in [-0.4, -0.2) is 17.9 Å². The third-order valence-corrected chi connectivity index (χ3v) is 5.93. The molecule has 1 fully saturated rings. The third-order valence-electron chi connectivity index (χ3n) is 5.44. The summed E-state index contributed by atoms with van der Waals surface area (Å²) in [7, 11) is 0. The summed E-state index contributed by atoms with van der Waals surface area (Å²) in [5, 5.41) is 5.88. The molecule has 2 amide bonds. The minimum Gasteiger partial charge on any atom is -0.479 e. The van der Waals surface area contributed by atoms with Gasteiger partial charge in [-0.25, -0.2) is 0 Å². The van der Waals surface area contributed by atoms with Gasteiger partial charge < -0.3 is 15.4 Å². The van der Waals surface area contributed by atoms with Crippen molar-refractivity contribution in [2.75, 3.05) is 10.6 Å². The second kappa shape index (κ2) is 7.00. The van der Waals surface area contributed by atoms with Crippen molar-refractivity contribution >= 4 is 39.1 Å². The van der Waals surface area contributed by atoms with Crippen molar-refractivity contribution in [3.05, 3.63) is 52.5 Å². The lowest BCUT2D eigenvalue weighted by atomic mass is 9.78. The molecular weight excluding hydrogens is 408 g/mol. The van der Waals surface area contributed by atoms with E-state index in [0.717, 1.165) is 35.7 Å². The SMILES string of the molecule is CC1Oc2ccc(NC(=O)C3(c4cccc(Br)c4)CCCC3)cc2NC1=O. The summed E-state index contributed by atoms with van der Waals surface area (Å²) < 4.78 is 6.55. The standard InChI is InChI=1S/C21H21BrN2O3/c1-13-19(25)24-17-12-16(7-8-18(17)27-13)23-20(26)21(9-2-3-10-21)14-5-4-6-15(22)11-14/h4-8,11-13H,2-3,9-10H2,1H3,(H,23,26)(H,24,25). The Kier molecular flexibility index (Phi) is 4.68. The Bertz CT molecular complexity index is 906. The summed E-state index contributed by atoms with van der Waals surface area (Å²) in [6.07, 6.45) is 3.21. The number of anilines is 2. The van der Waals surface area contributed by atoms with E-state index in [-0.39, 0.29) is 11.8 Å². The smallest absolute Gasteiger partial charge is 0.265 e. The summed E-state index contributed by atoms with van der Waals surface area (Å²) in [6, 6.07) is 13.3. The zero-order chi connectivity index (χ0) is 19.0. The van der Waals surface area contributed by atoms with Gasteiger partial charge in [0.05, 0.1) is 11.1 Å². The maximum Gasteiger partial charge on any atom is 0.265 e. The van der Waals surface area contributed by atoms with Gasteiger partial charge in [0.15, 0.2) is 6.10 Å². The van der Waals surface area contributed by atoms with E-state index >= 15 is 0 Å². The predicted octanol–water partition coefficient (Wildman–Crippen LogP) is 4.62. The largest absolute Gasteiger partial charge is 0.479 e. The first kappa shape index (κ1) is 18.0. The Morgan fingerprint density at radius 1 is 1.22 bits per heavy atom. The molecule has 1 aliphatic heterocycles. The van der Waals surface area contributed by atoms with Gasteiger partial charge in [-0.15, -0.1) is 0 Å². The topological polar surface area (TPSA) is 67.4 Å². The van der Waals surface area contributed by atoms with Crippen LogP contribution in [0.3, 0.4) is 0 Å². The normalized spacial score (nSPS) is 20.4. The molecule has 0 aromatic heterocycles. The van der Waals surface area contributed by atoms with Crippen LogP contribution in [0.1, 0.15) is 38.2 Å². The lowest BCUT2D eigenvalue weighted by Gasteiger charge is -2.29. The van der Waals surface area contributed by atoms with E-state index in [1.165, 1.54) is 0 Å². The molecule has 2 aromatic carbocycles. The van der Waals surface area contributed by atoms with Gasteiger partial charge in [0.2, 0.25) is 5.91 Å². The monoisotopic (exact) mass is 428 g/mol. The molecule has 4 rings (SSSR count). The van der Waals surface area contributed by atoms with Gasteiger partial charge >= 0.3 is 0 Å². The van der Waals surface area contributed by atoms with Crippen molar-refractivity contribution in [2.24, 2.45) is 0 Å². The minimum absolute atomic E-state index is 0.00512. The number of ether oxygens (including phenoxy) is 1. The summed E-state index contributed by atoms with van der Waals surface area (Å²) in [6.45, 7) is 1.70. The Balaban J connectivity index is 1.61. The summed E-state index contributed by atoms with van der Waals surface area (Å²) in [4.78, 5) is 25.1. The van der Waals surface area contributed by atoms with E-state index in [1.54, 1.807) is 19.1 Å². The second-order valence-electron chi connectivity index (χ2n) is 7.21. The van der Waals surface area contributed by atoms with Gasteiger partial charge in [0.25, 0.3) is 5.91 Å². The van der Waals surface area contributed by atoms with Crippen LogP contribution in [0.4, 0.5) is 11.4 Å². The molecule has 0 bridgehead atoms. The van der Waals surface area contributed by atoms with Crippen molar-refractivity contribution < 1.29 is 14.3 Å². The number of halogens is 1. The molecule has 1 atom stereocenters. The van der Waals surface area contributed by atoms with E-state index in [1.807, 2.05) is 30.3 Å². The van der Waals surface area contributed by atoms with Gasteiger partial charge in [-0.3, -0.25) is 9.59 Å². The molecule has 2 N–H and O–H groups in total. The number of rotatable bonds is 3. The molecule has 0 saturated heterocycles. The number of carbonyl (C=O) groups excluding carboxylic acids is 2. The fourth-order valence-corrected chi connectivity index (χ4v) is 4.35. The van der Waals surface area contributed by atoms with Crippen LogP contribution >= 0.6 is 15.9 Å². The first-order valence-electron chi connectivity index (χ1n) is 9.17. The zero-order valence-corrected chi connectivity index (χ0v) is 16.6. The molecule has 1 saturated carbocycles. The molecule has 1 aliphatic carbocycles. The number of hydrogen-bond donors (Lipinski definition) is 2. The van der Waals surface area contributed by atoms with E-state index < -0.39 is 11.5 Å². The van der Waals surface area contributed by atoms with Crippen LogP contribution in [0, 0.1) is 0 Å². The average Bonchev–Trinajstić information content (AvgIpc) is 3.14. The third kappa shape index (κ3) is 3.34. The molecular formula is C21H21BrN2O3. The molecule has 140 valence electrons. The number of nitrogens with one attached hydrogen (secondary N) is 2. The highest BCUT2D eigenvalue weighted by Gasteiger charge is 2.42. The summed E-state index contributed by atoms with van der Waals surface area (Å²) >= 11 is 3.52. The number of benzene rings is 2. The van der Waals surface area contributed by atoms with Crippen LogP contribution in [0.5, 0.6) is 5.75 Å². The number of fused-ring (bicyclic) bond motifs is 1. The highest BCUT2D eigenvalue weighted by Crippen LogP contribution is 2.43. The Labute approximate surface area is 166 Å². The molecule has 27 heavy (non-hydrogen) atoms. The predicted molar refractivity (Wildman–Crippen MR) is 108 cm³/mol. The Morgan fingerprint density at radius 3 is 2.74 bits per heavy atom. The van der Waals surface area contributed by atoms with Gasteiger partial charge in [-0.05, 0) is 55.7 Å². The van der Waals surface area contributed by atoms with Crippen LogP contribution < -0.4 is 15.4 Å². The molecule has 2 aromatic rings. The number of carbonyl (C=O) groups is 2. The summed E-state index contributed by atoms with van der Waals surface area (Å²) in [5.41, 5.74) is 1.75. The molecule has 2 aliphatic rings. The molecule has 1 unspecified atom stereocenters. The first-order valence-corrected chi connectivity index (χ1v) is 9.96. The fourth-order valence-electron chi connectivity index (χ4n) is 3.95. The zero-order valence-electron chi connectivity index (χ0n) is 15.0. The maximum absolute atomic E-state index is 13.3. The van der Waals surface area contributed by atoms with Crippen molar-refractivity contribution in [3.8, 4) is 5.75 Å². The molecule has 6 heteroatoms. The van der Waals surface area contributed by atoms with E-state index in [2.05, 4.69) is 26.6 Å². The van der Waals surface area contributed by atoms with Crippen LogP contribution in [0.15, 0.2) is 46.9 Å². The van der Waals surface area contributed by atoms with Crippen LogP contribution in [-0.2, 0) is 15.0 Å².